The molecular weight excluding hydrogens is 313 g/mol. The third-order valence-electron chi connectivity index (χ3n) is 4.12. The lowest BCUT2D eigenvalue weighted by Gasteiger charge is -2.30. The van der Waals surface area contributed by atoms with E-state index >= 15 is 0 Å². The smallest absolute Gasteiger partial charge is 0.231 e. The number of rotatable bonds is 3. The maximum absolute atomic E-state index is 12.4. The molecule has 1 amide bonds. The monoisotopic (exact) mass is 329 g/mol. The van der Waals surface area contributed by atoms with Gasteiger partial charge in [0.05, 0.1) is 12.0 Å². The highest BCUT2D eigenvalue weighted by molar-refractivity contribution is 6.53. The number of fused-ring (bicyclic) bond motifs is 1. The molecule has 1 fully saturated rings. The Balaban J connectivity index is 1.62. The van der Waals surface area contributed by atoms with Gasteiger partial charge in [0.1, 0.15) is 10.9 Å². The van der Waals surface area contributed by atoms with E-state index < -0.39 is 9.75 Å². The summed E-state index contributed by atoms with van der Waals surface area (Å²) in [4.78, 5) is 14.0. The molecule has 4 nitrogen and oxygen atoms in total. The molecule has 0 saturated heterocycles. The number of alkyl halides is 2. The first-order valence-corrected chi connectivity index (χ1v) is 7.61. The molecule has 3 rings (SSSR count). The minimum atomic E-state index is -0.950. The Hall–Kier alpha value is -1.13. The molecule has 1 saturated carbocycles. The van der Waals surface area contributed by atoms with Gasteiger partial charge >= 0.3 is 0 Å². The normalized spacial score (nSPS) is 28.9. The van der Waals surface area contributed by atoms with Crippen molar-refractivity contribution in [3.63, 3.8) is 0 Å². The molecular formula is C15H17Cl2NO3. The van der Waals surface area contributed by atoms with Gasteiger partial charge in [-0.05, 0) is 25.5 Å². The van der Waals surface area contributed by atoms with Crippen molar-refractivity contribution in [3.8, 4) is 11.5 Å². The number of para-hydroxylation sites is 2. The van der Waals surface area contributed by atoms with Crippen LogP contribution in [0.15, 0.2) is 24.3 Å². The lowest BCUT2D eigenvalue weighted by molar-refractivity contribution is -0.136. The average molecular weight is 330 g/mol. The number of hydrogen-bond donors (Lipinski definition) is 0. The van der Waals surface area contributed by atoms with Crippen molar-refractivity contribution in [2.75, 3.05) is 20.2 Å². The Labute approximate surface area is 133 Å². The van der Waals surface area contributed by atoms with E-state index in [9.17, 15) is 4.79 Å². The van der Waals surface area contributed by atoms with Crippen LogP contribution in [0.2, 0.25) is 0 Å². The summed E-state index contributed by atoms with van der Waals surface area (Å²) < 4.78 is 10.5. The zero-order valence-electron chi connectivity index (χ0n) is 11.9. The number of ether oxygens (including phenoxy) is 2. The molecule has 6 heteroatoms. The number of amides is 1. The second kappa shape index (κ2) is 4.96. The number of carbonyl (C=O) groups is 1. The van der Waals surface area contributed by atoms with Gasteiger partial charge in [0, 0.05) is 7.05 Å². The van der Waals surface area contributed by atoms with Crippen LogP contribution in [-0.2, 0) is 4.79 Å². The Morgan fingerprint density at radius 1 is 1.38 bits per heavy atom. The number of halogens is 2. The maximum Gasteiger partial charge on any atom is 0.231 e. The molecule has 0 spiro atoms. The van der Waals surface area contributed by atoms with E-state index in [-0.39, 0.29) is 12.0 Å². The largest absolute Gasteiger partial charge is 0.486 e. The van der Waals surface area contributed by atoms with E-state index in [1.54, 1.807) is 18.9 Å². The summed E-state index contributed by atoms with van der Waals surface area (Å²) in [5, 5.41) is 0. The zero-order valence-corrected chi connectivity index (χ0v) is 13.4. The Morgan fingerprint density at radius 2 is 2.00 bits per heavy atom. The molecule has 0 radical (unpaired) electrons. The van der Waals surface area contributed by atoms with Crippen molar-refractivity contribution in [2.45, 2.75) is 23.8 Å². The van der Waals surface area contributed by atoms with Crippen molar-refractivity contribution >= 4 is 29.1 Å². The van der Waals surface area contributed by atoms with E-state index in [0.717, 1.165) is 5.75 Å². The van der Waals surface area contributed by atoms with E-state index in [4.69, 9.17) is 32.7 Å². The van der Waals surface area contributed by atoms with Crippen LogP contribution in [0.4, 0.5) is 0 Å². The van der Waals surface area contributed by atoms with E-state index in [0.29, 0.717) is 25.3 Å². The van der Waals surface area contributed by atoms with Gasteiger partial charge in [0.25, 0.3) is 0 Å². The molecule has 1 heterocycles. The van der Waals surface area contributed by atoms with Gasteiger partial charge in [-0.25, -0.2) is 0 Å². The van der Waals surface area contributed by atoms with E-state index in [1.165, 1.54) is 0 Å². The summed E-state index contributed by atoms with van der Waals surface area (Å²) in [6.07, 6.45) is 0.285. The first-order valence-electron chi connectivity index (χ1n) is 6.85. The third-order valence-corrected chi connectivity index (χ3v) is 5.22. The van der Waals surface area contributed by atoms with E-state index in [1.807, 2.05) is 24.3 Å². The summed E-state index contributed by atoms with van der Waals surface area (Å²) in [6, 6.07) is 7.50. The molecule has 2 aliphatic rings. The predicted molar refractivity (Wildman–Crippen MR) is 81.2 cm³/mol. The lowest BCUT2D eigenvalue weighted by Crippen LogP contribution is -2.44. The number of likely N-dealkylation sites (N-methyl/N-ethyl adjacent to an activating group) is 1. The molecule has 2 atom stereocenters. The quantitative estimate of drug-likeness (QED) is 0.800. The highest BCUT2D eigenvalue weighted by Gasteiger charge is 2.68. The van der Waals surface area contributed by atoms with E-state index in [2.05, 4.69) is 0 Å². The van der Waals surface area contributed by atoms with Gasteiger partial charge < -0.3 is 14.4 Å². The zero-order chi connectivity index (χ0) is 15.3. The van der Waals surface area contributed by atoms with Crippen molar-refractivity contribution in [1.29, 1.82) is 0 Å². The fraction of sp³-hybridized carbons (Fsp3) is 0.533. The van der Waals surface area contributed by atoms with Crippen LogP contribution < -0.4 is 9.47 Å². The summed E-state index contributed by atoms with van der Waals surface area (Å²) in [7, 11) is 1.74. The second-order valence-electron chi connectivity index (χ2n) is 5.90. The molecule has 21 heavy (non-hydrogen) atoms. The summed E-state index contributed by atoms with van der Waals surface area (Å²) in [5.74, 6) is 1.38. The second-order valence-corrected chi connectivity index (χ2v) is 7.38. The van der Waals surface area contributed by atoms with Crippen LogP contribution in [-0.4, -0.2) is 41.4 Å². The van der Waals surface area contributed by atoms with Gasteiger partial charge in [-0.3, -0.25) is 4.79 Å². The number of carbonyl (C=O) groups excluding carboxylic acids is 1. The van der Waals surface area contributed by atoms with Gasteiger partial charge in [-0.2, -0.15) is 0 Å². The Bertz CT molecular complexity index is 578. The molecule has 1 aliphatic heterocycles. The number of hydrogen-bond acceptors (Lipinski definition) is 3. The van der Waals surface area contributed by atoms with Crippen LogP contribution in [0.5, 0.6) is 11.5 Å². The van der Waals surface area contributed by atoms with Gasteiger partial charge in [0.2, 0.25) is 5.91 Å². The van der Waals surface area contributed by atoms with Crippen LogP contribution in [0.25, 0.3) is 0 Å². The van der Waals surface area contributed by atoms with Crippen molar-refractivity contribution in [1.82, 2.24) is 4.90 Å². The Morgan fingerprint density at radius 3 is 2.62 bits per heavy atom. The molecule has 0 N–H and O–H groups in total. The molecule has 0 bridgehead atoms. The highest BCUT2D eigenvalue weighted by Crippen LogP contribution is 2.64. The predicted octanol–water partition coefficient (Wildman–Crippen LogP) is 2.87. The van der Waals surface area contributed by atoms with Crippen LogP contribution in [0, 0.1) is 5.41 Å². The van der Waals surface area contributed by atoms with Crippen LogP contribution >= 0.6 is 23.2 Å². The first kappa shape index (κ1) is 14.8. The van der Waals surface area contributed by atoms with Crippen LogP contribution in [0.1, 0.15) is 13.3 Å². The molecule has 1 aromatic rings. The summed E-state index contributed by atoms with van der Waals surface area (Å²) >= 11 is 12.1. The van der Waals surface area contributed by atoms with Crippen molar-refractivity contribution in [3.05, 3.63) is 24.3 Å². The molecule has 1 aliphatic carbocycles. The fourth-order valence-corrected chi connectivity index (χ4v) is 3.29. The van der Waals surface area contributed by atoms with Crippen LogP contribution in [0.3, 0.4) is 0 Å². The molecule has 1 aromatic carbocycles. The molecule has 114 valence electrons. The molecule has 0 unspecified atom stereocenters. The van der Waals surface area contributed by atoms with Gasteiger partial charge in [0.15, 0.2) is 17.6 Å². The minimum absolute atomic E-state index is 0.0602. The fourth-order valence-electron chi connectivity index (χ4n) is 2.59. The topological polar surface area (TPSA) is 38.8 Å². The average Bonchev–Trinajstić information content (AvgIpc) is 2.97. The first-order chi connectivity index (χ1) is 9.83. The minimum Gasteiger partial charge on any atom is -0.486 e. The maximum atomic E-state index is 12.4. The summed E-state index contributed by atoms with van der Waals surface area (Å²) in [5.41, 5.74) is -0.696. The SMILES string of the molecule is CN(C[C@H]1COc2ccccc2O1)C(=O)[C@@]1(C)CC1(Cl)Cl. The highest BCUT2D eigenvalue weighted by atomic mass is 35.5. The Kier molecular flexibility index (Phi) is 3.49. The lowest BCUT2D eigenvalue weighted by atomic mass is 10.1. The third kappa shape index (κ3) is 2.55. The number of nitrogens with zero attached hydrogens (tertiary/aromatic N) is 1. The van der Waals surface area contributed by atoms with Gasteiger partial charge in [-0.1, -0.05) is 12.1 Å². The standard InChI is InChI=1S/C15H17Cl2NO3/c1-14(9-15(14,16)17)13(19)18(2)7-10-8-20-11-5-3-4-6-12(11)21-10/h3-6,10H,7-9H2,1-2H3/t10-,14+/m0/s1. The van der Waals surface area contributed by atoms with Gasteiger partial charge in [-0.15, -0.1) is 23.2 Å². The molecule has 0 aromatic heterocycles. The van der Waals surface area contributed by atoms with Crippen molar-refractivity contribution in [2.24, 2.45) is 5.41 Å². The number of benzene rings is 1. The summed E-state index contributed by atoms with van der Waals surface area (Å²) in [6.45, 7) is 2.64. The van der Waals surface area contributed by atoms with Crippen molar-refractivity contribution < 1.29 is 14.3 Å².